The summed E-state index contributed by atoms with van der Waals surface area (Å²) < 4.78 is 3.53. The molecule has 1 atom stereocenters. The summed E-state index contributed by atoms with van der Waals surface area (Å²) in [5, 5.41) is 5.60. The van der Waals surface area contributed by atoms with Gasteiger partial charge in [0.1, 0.15) is 5.82 Å². The molecule has 0 saturated carbocycles. The molecule has 0 fully saturated rings. The lowest BCUT2D eigenvalue weighted by Crippen LogP contribution is -2.20. The minimum atomic E-state index is 0.350. The van der Waals surface area contributed by atoms with E-state index in [9.17, 15) is 0 Å². The molecule has 0 amide bonds. The van der Waals surface area contributed by atoms with E-state index in [1.807, 2.05) is 19.4 Å². The number of hydrogen-bond donors (Lipinski definition) is 1. The van der Waals surface area contributed by atoms with Gasteiger partial charge >= 0.3 is 0 Å². The molecule has 0 aliphatic carbocycles. The summed E-state index contributed by atoms with van der Waals surface area (Å²) in [6.45, 7) is 3.13. The van der Waals surface area contributed by atoms with Crippen LogP contribution in [0.4, 0.5) is 0 Å². The maximum atomic E-state index is 4.43. The maximum absolute atomic E-state index is 4.43. The van der Waals surface area contributed by atoms with Crippen LogP contribution in [0.1, 0.15) is 24.4 Å². The van der Waals surface area contributed by atoms with E-state index in [1.165, 1.54) is 8.45 Å². The Labute approximate surface area is 119 Å². The van der Waals surface area contributed by atoms with Gasteiger partial charge in [0.05, 0.1) is 2.88 Å². The Bertz CT molecular complexity index is 478. The second kappa shape index (κ2) is 5.97. The third-order valence-electron chi connectivity index (χ3n) is 2.87. The van der Waals surface area contributed by atoms with E-state index in [0.29, 0.717) is 6.04 Å². The summed E-state index contributed by atoms with van der Waals surface area (Å²) >= 11 is 4.15. The van der Waals surface area contributed by atoms with Crippen LogP contribution < -0.4 is 5.32 Å². The van der Waals surface area contributed by atoms with Gasteiger partial charge in [-0.25, -0.2) is 4.98 Å². The van der Waals surface area contributed by atoms with Crippen LogP contribution in [0.15, 0.2) is 23.8 Å². The van der Waals surface area contributed by atoms with Crippen LogP contribution in [0.2, 0.25) is 0 Å². The minimum absolute atomic E-state index is 0.350. The van der Waals surface area contributed by atoms with E-state index in [2.05, 4.69) is 55.8 Å². The molecule has 2 rings (SSSR count). The Hall–Kier alpha value is -0.400. The fourth-order valence-corrected chi connectivity index (χ4v) is 3.32. The number of halogens is 1. The molecule has 2 heterocycles. The molecule has 5 heteroatoms. The molecule has 2 aromatic heterocycles. The lowest BCUT2D eigenvalue weighted by Gasteiger charge is -2.15. The van der Waals surface area contributed by atoms with Crippen LogP contribution in [-0.2, 0) is 13.0 Å². The van der Waals surface area contributed by atoms with Gasteiger partial charge in [0.2, 0.25) is 0 Å². The Kier molecular flexibility index (Phi) is 4.58. The standard InChI is InChI=1S/C12H16IN3S/c1-3-16-5-4-15-12(16)7-10(14-2)9-6-11(13)17-8-9/h4-6,8,10,14H,3,7H2,1-2H3. The zero-order chi connectivity index (χ0) is 12.3. The predicted octanol–water partition coefficient (Wildman–Crippen LogP) is 3.07. The molecule has 1 unspecified atom stereocenters. The lowest BCUT2D eigenvalue weighted by molar-refractivity contribution is 0.554. The summed E-state index contributed by atoms with van der Waals surface area (Å²) in [4.78, 5) is 4.43. The molecule has 0 aliphatic rings. The molecule has 92 valence electrons. The summed E-state index contributed by atoms with van der Waals surface area (Å²) in [6, 6.07) is 2.59. The highest BCUT2D eigenvalue weighted by Gasteiger charge is 2.14. The topological polar surface area (TPSA) is 29.9 Å². The monoisotopic (exact) mass is 361 g/mol. The van der Waals surface area contributed by atoms with Gasteiger partial charge in [0.15, 0.2) is 0 Å². The number of nitrogens with zero attached hydrogens (tertiary/aromatic N) is 2. The number of likely N-dealkylation sites (N-methyl/N-ethyl adjacent to an activating group) is 1. The fraction of sp³-hybridized carbons (Fsp3) is 0.417. The van der Waals surface area contributed by atoms with Crippen LogP contribution in [0.25, 0.3) is 0 Å². The number of imidazole rings is 1. The van der Waals surface area contributed by atoms with E-state index in [0.717, 1.165) is 18.8 Å². The Morgan fingerprint density at radius 2 is 2.41 bits per heavy atom. The number of aryl methyl sites for hydroxylation is 1. The van der Waals surface area contributed by atoms with E-state index in [4.69, 9.17) is 0 Å². The zero-order valence-corrected chi connectivity index (χ0v) is 13.0. The van der Waals surface area contributed by atoms with Crippen LogP contribution in [0, 0.1) is 2.88 Å². The molecule has 0 bridgehead atoms. The zero-order valence-electron chi connectivity index (χ0n) is 9.98. The molecular formula is C12H16IN3S. The highest BCUT2D eigenvalue weighted by Crippen LogP contribution is 2.24. The van der Waals surface area contributed by atoms with Crippen LogP contribution in [-0.4, -0.2) is 16.6 Å². The van der Waals surface area contributed by atoms with Gasteiger partial charge in [-0.15, -0.1) is 11.3 Å². The lowest BCUT2D eigenvalue weighted by atomic mass is 10.1. The smallest absolute Gasteiger partial charge is 0.110 e. The van der Waals surface area contributed by atoms with Gasteiger partial charge in [-0.3, -0.25) is 0 Å². The average molecular weight is 361 g/mol. The second-order valence-corrected chi connectivity index (χ2v) is 6.66. The summed E-state index contributed by atoms with van der Waals surface area (Å²) in [6.07, 6.45) is 4.85. The Morgan fingerprint density at radius 3 is 3.00 bits per heavy atom. The average Bonchev–Trinajstić information content (AvgIpc) is 2.94. The molecule has 3 nitrogen and oxygen atoms in total. The first-order valence-electron chi connectivity index (χ1n) is 5.65. The van der Waals surface area contributed by atoms with Crippen molar-refractivity contribution >= 4 is 33.9 Å². The fourth-order valence-electron chi connectivity index (χ4n) is 1.89. The van der Waals surface area contributed by atoms with Crippen molar-refractivity contribution in [3.8, 4) is 0 Å². The molecule has 2 aromatic rings. The molecule has 0 spiro atoms. The van der Waals surface area contributed by atoms with Gasteiger partial charge < -0.3 is 9.88 Å². The molecule has 0 saturated heterocycles. The first-order chi connectivity index (χ1) is 8.24. The summed E-state index contributed by atoms with van der Waals surface area (Å²) in [7, 11) is 2.01. The van der Waals surface area contributed by atoms with Crippen molar-refractivity contribution in [2.75, 3.05) is 7.05 Å². The van der Waals surface area contributed by atoms with E-state index < -0.39 is 0 Å². The van der Waals surface area contributed by atoms with Crippen molar-refractivity contribution in [2.45, 2.75) is 25.9 Å². The van der Waals surface area contributed by atoms with E-state index >= 15 is 0 Å². The van der Waals surface area contributed by atoms with Gasteiger partial charge in [-0.2, -0.15) is 0 Å². The number of hydrogen-bond acceptors (Lipinski definition) is 3. The van der Waals surface area contributed by atoms with Gasteiger partial charge in [0.25, 0.3) is 0 Å². The largest absolute Gasteiger partial charge is 0.335 e. The van der Waals surface area contributed by atoms with Gasteiger partial charge in [0, 0.05) is 31.4 Å². The first-order valence-corrected chi connectivity index (χ1v) is 7.61. The third kappa shape index (κ3) is 3.08. The SMILES string of the molecule is CCn1ccnc1CC(NC)c1csc(I)c1. The highest BCUT2D eigenvalue weighted by molar-refractivity contribution is 14.1. The summed E-state index contributed by atoms with van der Waals surface area (Å²) in [5.74, 6) is 1.15. The van der Waals surface area contributed by atoms with Crippen LogP contribution in [0.3, 0.4) is 0 Å². The molecule has 0 radical (unpaired) electrons. The molecule has 1 N–H and O–H groups in total. The van der Waals surface area contributed by atoms with Crippen molar-refractivity contribution < 1.29 is 0 Å². The molecular weight excluding hydrogens is 345 g/mol. The number of thiophene rings is 1. The third-order valence-corrected chi connectivity index (χ3v) is 4.67. The van der Waals surface area contributed by atoms with E-state index in [-0.39, 0.29) is 0 Å². The maximum Gasteiger partial charge on any atom is 0.110 e. The molecule has 0 aliphatic heterocycles. The van der Waals surface area contributed by atoms with Crippen molar-refractivity contribution in [2.24, 2.45) is 0 Å². The van der Waals surface area contributed by atoms with Gasteiger partial charge in [-0.1, -0.05) is 0 Å². The van der Waals surface area contributed by atoms with E-state index in [1.54, 1.807) is 11.3 Å². The Morgan fingerprint density at radius 1 is 1.59 bits per heavy atom. The van der Waals surface area contributed by atoms with Gasteiger partial charge in [-0.05, 0) is 53.6 Å². The number of aromatic nitrogens is 2. The normalized spacial score (nSPS) is 12.9. The van der Waals surface area contributed by atoms with Crippen molar-refractivity contribution in [3.63, 3.8) is 0 Å². The van der Waals surface area contributed by atoms with Crippen molar-refractivity contribution in [3.05, 3.63) is 38.1 Å². The predicted molar refractivity (Wildman–Crippen MR) is 80.4 cm³/mol. The minimum Gasteiger partial charge on any atom is -0.335 e. The van der Waals surface area contributed by atoms with Crippen LogP contribution in [0.5, 0.6) is 0 Å². The highest BCUT2D eigenvalue weighted by atomic mass is 127. The summed E-state index contributed by atoms with van der Waals surface area (Å²) in [5.41, 5.74) is 1.35. The first kappa shape index (κ1) is 13.0. The van der Waals surface area contributed by atoms with Crippen LogP contribution >= 0.6 is 33.9 Å². The van der Waals surface area contributed by atoms with Crippen molar-refractivity contribution in [1.29, 1.82) is 0 Å². The molecule has 0 aromatic carbocycles. The number of nitrogens with one attached hydrogen (secondary N) is 1. The quantitative estimate of drug-likeness (QED) is 0.830. The second-order valence-electron chi connectivity index (χ2n) is 3.86. The molecule has 17 heavy (non-hydrogen) atoms. The van der Waals surface area contributed by atoms with Crippen molar-refractivity contribution in [1.82, 2.24) is 14.9 Å². The Balaban J connectivity index is 2.15. The number of rotatable bonds is 5.